The van der Waals surface area contributed by atoms with Gasteiger partial charge in [0.05, 0.1) is 11.8 Å². The van der Waals surface area contributed by atoms with E-state index in [1.807, 2.05) is 20.8 Å². The van der Waals surface area contributed by atoms with Crippen molar-refractivity contribution in [2.24, 2.45) is 34.8 Å². The number of amides is 3. The third-order valence-electron chi connectivity index (χ3n) is 6.89. The molecule has 2 saturated carbocycles. The number of hydrogen-bond donors (Lipinski definition) is 2. The normalized spacial score (nSPS) is 35.1. The Labute approximate surface area is 166 Å². The predicted octanol–water partition coefficient (Wildman–Crippen LogP) is 1.82. The van der Waals surface area contributed by atoms with Crippen LogP contribution < -0.4 is 11.1 Å². The van der Waals surface area contributed by atoms with Gasteiger partial charge < -0.3 is 20.7 Å². The molecule has 3 aliphatic carbocycles. The number of carbonyl (C=O) groups excluding carboxylic acids is 3. The highest BCUT2D eigenvalue weighted by atomic mass is 16.6. The van der Waals surface area contributed by atoms with Crippen molar-refractivity contribution >= 4 is 17.9 Å². The summed E-state index contributed by atoms with van der Waals surface area (Å²) in [7, 11) is 0. The summed E-state index contributed by atoms with van der Waals surface area (Å²) in [6.07, 6.45) is 7.63. The van der Waals surface area contributed by atoms with Crippen molar-refractivity contribution in [2.75, 3.05) is 13.1 Å². The molecule has 0 radical (unpaired) electrons. The molecule has 0 aromatic heterocycles. The minimum absolute atomic E-state index is 0.0941. The van der Waals surface area contributed by atoms with Crippen LogP contribution in [0.1, 0.15) is 46.5 Å². The van der Waals surface area contributed by atoms with Gasteiger partial charge in [0.2, 0.25) is 11.8 Å². The van der Waals surface area contributed by atoms with Gasteiger partial charge in [-0.2, -0.15) is 0 Å². The molecule has 3 unspecified atom stereocenters. The number of carbonyl (C=O) groups is 3. The lowest BCUT2D eigenvalue weighted by Crippen LogP contribution is -2.53. The number of allylic oxidation sites excluding steroid dienone is 2. The highest BCUT2D eigenvalue weighted by Gasteiger charge is 2.69. The monoisotopic (exact) mass is 389 g/mol. The van der Waals surface area contributed by atoms with E-state index in [1.54, 1.807) is 4.90 Å². The second-order valence-corrected chi connectivity index (χ2v) is 9.90. The molecule has 154 valence electrons. The van der Waals surface area contributed by atoms with Gasteiger partial charge in [-0.1, -0.05) is 12.2 Å². The lowest BCUT2D eigenvalue weighted by atomic mass is 9.81. The van der Waals surface area contributed by atoms with Crippen LogP contribution >= 0.6 is 0 Å². The molecule has 1 saturated heterocycles. The van der Waals surface area contributed by atoms with E-state index in [1.165, 1.54) is 0 Å². The average Bonchev–Trinajstić information content (AvgIpc) is 3.26. The van der Waals surface area contributed by atoms with Crippen LogP contribution in [0, 0.1) is 29.1 Å². The van der Waals surface area contributed by atoms with Crippen LogP contribution in [0.3, 0.4) is 0 Å². The number of hydrogen-bond acceptors (Lipinski definition) is 4. The van der Waals surface area contributed by atoms with E-state index in [4.69, 9.17) is 10.5 Å². The lowest BCUT2D eigenvalue weighted by Gasteiger charge is -2.35. The molecular formula is C21H31N3O4. The summed E-state index contributed by atoms with van der Waals surface area (Å²) in [5.41, 5.74) is 5.24. The maximum atomic E-state index is 13.2. The second-order valence-electron chi connectivity index (χ2n) is 9.90. The number of likely N-dealkylation sites (tertiary alicyclic amines) is 1. The Kier molecular flexibility index (Phi) is 4.47. The molecule has 1 heterocycles. The number of nitrogens with two attached hydrogens (primary N) is 1. The first kappa shape index (κ1) is 19.3. The summed E-state index contributed by atoms with van der Waals surface area (Å²) < 4.78 is 5.46. The quantitative estimate of drug-likeness (QED) is 0.719. The van der Waals surface area contributed by atoms with Crippen molar-refractivity contribution in [3.63, 3.8) is 0 Å². The maximum Gasteiger partial charge on any atom is 0.410 e. The Morgan fingerprint density at radius 3 is 2.36 bits per heavy atom. The van der Waals surface area contributed by atoms with Gasteiger partial charge in [0.15, 0.2) is 0 Å². The van der Waals surface area contributed by atoms with Crippen molar-refractivity contribution in [3.8, 4) is 0 Å². The van der Waals surface area contributed by atoms with Crippen molar-refractivity contribution < 1.29 is 19.1 Å². The van der Waals surface area contributed by atoms with Crippen LogP contribution in [-0.2, 0) is 14.3 Å². The van der Waals surface area contributed by atoms with Gasteiger partial charge in [0.1, 0.15) is 5.60 Å². The highest BCUT2D eigenvalue weighted by molar-refractivity contribution is 5.89. The molecule has 1 spiro atoms. The van der Waals surface area contributed by atoms with Crippen molar-refractivity contribution in [2.45, 2.75) is 58.1 Å². The van der Waals surface area contributed by atoms with Crippen LogP contribution in [-0.4, -0.2) is 47.5 Å². The third kappa shape index (κ3) is 3.18. The number of nitrogens with one attached hydrogen (secondary N) is 1. The predicted molar refractivity (Wildman–Crippen MR) is 103 cm³/mol. The summed E-state index contributed by atoms with van der Waals surface area (Å²) in [6, 6.07) is -0.124. The fraction of sp³-hybridized carbons (Fsp3) is 0.762. The van der Waals surface area contributed by atoms with Gasteiger partial charge in [-0.05, 0) is 63.7 Å². The first-order chi connectivity index (χ1) is 13.1. The van der Waals surface area contributed by atoms with E-state index in [9.17, 15) is 14.4 Å². The highest BCUT2D eigenvalue weighted by Crippen LogP contribution is 2.71. The molecule has 4 aliphatic rings. The molecule has 0 aromatic carbocycles. The second kappa shape index (κ2) is 6.49. The third-order valence-corrected chi connectivity index (χ3v) is 6.89. The van der Waals surface area contributed by atoms with Crippen molar-refractivity contribution in [1.82, 2.24) is 10.2 Å². The zero-order valence-corrected chi connectivity index (χ0v) is 16.9. The summed E-state index contributed by atoms with van der Waals surface area (Å²) in [5, 5.41) is 3.11. The Morgan fingerprint density at radius 2 is 1.79 bits per heavy atom. The van der Waals surface area contributed by atoms with Crippen LogP contribution in [0.2, 0.25) is 0 Å². The molecule has 3 amide bonds. The maximum absolute atomic E-state index is 13.2. The molecule has 3 fully saturated rings. The van der Waals surface area contributed by atoms with Gasteiger partial charge in [0, 0.05) is 19.1 Å². The van der Waals surface area contributed by atoms with E-state index in [-0.39, 0.29) is 47.1 Å². The molecule has 1 aliphatic heterocycles. The van der Waals surface area contributed by atoms with E-state index in [2.05, 4.69) is 17.5 Å². The van der Waals surface area contributed by atoms with Gasteiger partial charge >= 0.3 is 6.09 Å². The van der Waals surface area contributed by atoms with Crippen LogP contribution in [0.25, 0.3) is 0 Å². The number of piperidine rings is 1. The minimum atomic E-state index is -0.546. The Morgan fingerprint density at radius 1 is 1.14 bits per heavy atom. The zero-order valence-electron chi connectivity index (χ0n) is 16.9. The topological polar surface area (TPSA) is 102 Å². The molecule has 3 N–H and O–H groups in total. The van der Waals surface area contributed by atoms with Gasteiger partial charge in [-0.25, -0.2) is 4.79 Å². The molecule has 28 heavy (non-hydrogen) atoms. The van der Waals surface area contributed by atoms with Gasteiger partial charge in [-0.3, -0.25) is 9.59 Å². The van der Waals surface area contributed by atoms with E-state index < -0.39 is 11.5 Å². The number of nitrogens with zero attached hydrogens (tertiary/aromatic N) is 1. The number of ether oxygens (including phenoxy) is 1. The molecule has 5 atom stereocenters. The summed E-state index contributed by atoms with van der Waals surface area (Å²) in [4.78, 5) is 39.3. The molecule has 0 aromatic rings. The van der Waals surface area contributed by atoms with Crippen LogP contribution in [0.4, 0.5) is 4.79 Å². The van der Waals surface area contributed by atoms with Crippen LogP contribution in [0.15, 0.2) is 12.2 Å². The fourth-order valence-electron chi connectivity index (χ4n) is 5.62. The first-order valence-corrected chi connectivity index (χ1v) is 10.4. The molecular weight excluding hydrogens is 358 g/mol. The number of primary amides is 1. The van der Waals surface area contributed by atoms with Crippen LogP contribution in [0.5, 0.6) is 0 Å². The standard InChI is InChI=1S/C21H31N3O4/c1-20(2,3)28-19(27)24-10-4-5-12(11-24)23-18(26)16-14-7-6-13(15(16)17(22)25)21(14)8-9-21/h6-7,12-16H,4-5,8-11H2,1-3H3,(H2,22,25)(H,23,26)/t12?,13-,14+,15?,16?/m0/s1. The SMILES string of the molecule is CC(C)(C)OC(=O)N1CCCC(NC(=O)C2C(C(N)=O)[C@@H]3C=C[C@H]2C32CC2)C1. The van der Waals surface area contributed by atoms with E-state index in [0.29, 0.717) is 13.1 Å². The van der Waals surface area contributed by atoms with E-state index >= 15 is 0 Å². The minimum Gasteiger partial charge on any atom is -0.444 e. The Bertz CT molecular complexity index is 722. The van der Waals surface area contributed by atoms with Gasteiger partial charge in [-0.15, -0.1) is 0 Å². The Balaban J connectivity index is 1.41. The van der Waals surface area contributed by atoms with Gasteiger partial charge in [0.25, 0.3) is 0 Å². The molecule has 7 nitrogen and oxygen atoms in total. The summed E-state index contributed by atoms with van der Waals surface area (Å²) in [6.45, 7) is 6.59. The summed E-state index contributed by atoms with van der Waals surface area (Å²) in [5.74, 6) is -1.05. The molecule has 2 bridgehead atoms. The zero-order chi connectivity index (χ0) is 20.3. The first-order valence-electron chi connectivity index (χ1n) is 10.4. The Hall–Kier alpha value is -2.05. The lowest BCUT2D eigenvalue weighted by molar-refractivity contribution is -0.134. The smallest absolute Gasteiger partial charge is 0.410 e. The fourth-order valence-corrected chi connectivity index (χ4v) is 5.62. The molecule has 7 heteroatoms. The summed E-state index contributed by atoms with van der Waals surface area (Å²) >= 11 is 0. The average molecular weight is 389 g/mol. The van der Waals surface area contributed by atoms with Crippen molar-refractivity contribution in [1.29, 1.82) is 0 Å². The van der Waals surface area contributed by atoms with E-state index in [0.717, 1.165) is 25.7 Å². The van der Waals surface area contributed by atoms with Crippen molar-refractivity contribution in [3.05, 3.63) is 12.2 Å². The molecule has 4 rings (SSSR count). The largest absolute Gasteiger partial charge is 0.444 e. The number of rotatable bonds is 3.